The van der Waals surface area contributed by atoms with Crippen LogP contribution in [0.2, 0.25) is 0 Å². The molecule has 42 N–H and O–H groups in total. The zero-order chi connectivity index (χ0) is 67.4. The summed E-state index contributed by atoms with van der Waals surface area (Å²) in [5.41, 5.74) is 94.1. The Labute approximate surface area is 515 Å². The van der Waals surface area contributed by atoms with E-state index in [0.717, 1.165) is 0 Å². The smallest absolute Gasteiger partial charge is 0.326 e. The molecule has 8 atom stereocenters. The van der Waals surface area contributed by atoms with Crippen LogP contribution in [-0.2, 0) is 38.4 Å². The van der Waals surface area contributed by atoms with Crippen LogP contribution in [0.25, 0.3) is 0 Å². The van der Waals surface area contributed by atoms with Crippen LogP contribution in [0.4, 0.5) is 0 Å². The molecule has 0 unspecified atom stereocenters. The van der Waals surface area contributed by atoms with Gasteiger partial charge in [-0.1, -0.05) is 0 Å². The molecule has 0 radical (unpaired) electrons. The van der Waals surface area contributed by atoms with Gasteiger partial charge in [0.1, 0.15) is 42.3 Å². The van der Waals surface area contributed by atoms with Crippen molar-refractivity contribution in [3.63, 3.8) is 0 Å². The number of carbonyl (C=O) groups excluding carboxylic acids is 7. The number of carboxylic acid groups (broad SMARTS) is 1. The number of amides is 7. The number of aliphatic carboxylic acids is 1. The third kappa shape index (κ3) is 40.0. The molecule has 0 aliphatic heterocycles. The molecule has 41 heteroatoms. The third-order valence-corrected chi connectivity index (χ3v) is 12.3. The molecule has 89 heavy (non-hydrogen) atoms. The van der Waals surface area contributed by atoms with E-state index in [1.165, 1.54) is 0 Å². The Bertz CT molecular complexity index is 2470. The number of carbonyl (C=O) groups is 8. The highest BCUT2D eigenvalue weighted by atomic mass is 16.4. The largest absolute Gasteiger partial charge is 0.480 e. The van der Waals surface area contributed by atoms with Gasteiger partial charge in [0.05, 0.1) is 6.04 Å². The number of nitrogens with zero attached hydrogens (tertiary/aromatic N) is 8. The maximum absolute atomic E-state index is 14.6. The van der Waals surface area contributed by atoms with Crippen molar-refractivity contribution < 1.29 is 43.5 Å². The fourth-order valence-corrected chi connectivity index (χ4v) is 7.96. The second kappa shape index (κ2) is 45.2. The molecular formula is C48H98N32O9. The minimum Gasteiger partial charge on any atom is -0.480 e. The molecule has 0 aliphatic rings. The van der Waals surface area contributed by atoms with Gasteiger partial charge >= 0.3 is 5.97 Å². The van der Waals surface area contributed by atoms with Crippen molar-refractivity contribution in [2.45, 2.75) is 151 Å². The summed E-state index contributed by atoms with van der Waals surface area (Å²) in [4.78, 5) is 143. The molecule has 0 aromatic heterocycles. The highest BCUT2D eigenvalue weighted by Gasteiger charge is 2.34. The van der Waals surface area contributed by atoms with Crippen LogP contribution in [0.1, 0.15) is 103 Å². The van der Waals surface area contributed by atoms with Crippen molar-refractivity contribution >= 4 is 95.0 Å². The molecule has 0 bridgehead atoms. The Hall–Kier alpha value is -10.1. The normalized spacial score (nSPS) is 13.3. The Morgan fingerprint density at radius 1 is 0.247 bits per heavy atom. The molecular weight excluding hydrogens is 1170 g/mol. The second-order valence-corrected chi connectivity index (χ2v) is 20.0. The first-order chi connectivity index (χ1) is 41.9. The van der Waals surface area contributed by atoms with Crippen molar-refractivity contribution in [3.8, 4) is 0 Å². The molecule has 0 saturated carbocycles. The Balaban J connectivity index is 7.48. The summed E-state index contributed by atoms with van der Waals surface area (Å²) < 4.78 is 0. The average Bonchev–Trinajstić information content (AvgIpc) is 2.10. The van der Waals surface area contributed by atoms with Crippen molar-refractivity contribution in [1.29, 1.82) is 0 Å². The number of nitrogens with one attached hydrogen (secondary N) is 7. The summed E-state index contributed by atoms with van der Waals surface area (Å²) in [5, 5.41) is 28.2. The van der Waals surface area contributed by atoms with E-state index < -0.39 is 95.7 Å². The topological polar surface area (TPSA) is 782 Å². The molecule has 0 saturated heterocycles. The molecule has 0 spiro atoms. The van der Waals surface area contributed by atoms with Crippen LogP contribution >= 0.6 is 0 Å². The highest BCUT2D eigenvalue weighted by molar-refractivity contribution is 5.98. The summed E-state index contributed by atoms with van der Waals surface area (Å²) in [6.07, 6.45) is 0.0907. The lowest BCUT2D eigenvalue weighted by Crippen LogP contribution is -2.60. The molecule has 0 rings (SSSR count). The lowest BCUT2D eigenvalue weighted by molar-refractivity contribution is -0.142. The number of hydrogen-bond donors (Lipinski definition) is 25. The van der Waals surface area contributed by atoms with Gasteiger partial charge in [0.2, 0.25) is 41.4 Å². The van der Waals surface area contributed by atoms with E-state index in [1.54, 1.807) is 0 Å². The minimum absolute atomic E-state index is 0.00317. The van der Waals surface area contributed by atoms with E-state index in [-0.39, 0.29) is 196 Å². The minimum atomic E-state index is -1.52. The fraction of sp³-hybridized carbons (Fsp3) is 0.667. The maximum Gasteiger partial charge on any atom is 0.326 e. The number of nitrogens with two attached hydrogens (primary N) is 17. The van der Waals surface area contributed by atoms with Gasteiger partial charge < -0.3 is 140 Å². The zero-order valence-electron chi connectivity index (χ0n) is 50.2. The van der Waals surface area contributed by atoms with Gasteiger partial charge in [-0.2, -0.15) is 0 Å². The SMILES string of the molecule is NC(N)=NCCC[C@H](NC(=O)[C@H](CCCN=C(N)N)NC(=O)[C@@H](CCCN=C(N)N)NC(=O)[C@H](CCCN=C(N)N)NC(=O)[C@@H](CCCN=C(N)N)NC(=O)[C@H](CCCN=C(N)N)NC(=O)[C@@H](CCCN=C(N)N)NC(=O)[C@@H](N)CCCN=C(N)N)C(=O)O. The van der Waals surface area contributed by atoms with Crippen LogP contribution in [0, 0.1) is 0 Å². The molecule has 0 aromatic rings. The highest BCUT2D eigenvalue weighted by Crippen LogP contribution is 2.11. The van der Waals surface area contributed by atoms with E-state index in [4.69, 9.17) is 97.5 Å². The Morgan fingerprint density at radius 2 is 0.393 bits per heavy atom. The number of hydrogen-bond acceptors (Lipinski definition) is 17. The van der Waals surface area contributed by atoms with Gasteiger partial charge in [-0.05, 0) is 103 Å². The predicted octanol–water partition coefficient (Wildman–Crippen LogP) is -11.8. The van der Waals surface area contributed by atoms with Crippen molar-refractivity contribution in [2.24, 2.45) is 137 Å². The summed E-state index contributed by atoms with van der Waals surface area (Å²) in [6, 6.07) is -11.3. The lowest BCUT2D eigenvalue weighted by atomic mass is 10.0. The standard InChI is InChI=1S/C48H98N32O9/c49-25(9-1-17-66-41(50)51)33(81)74-26(10-2-18-67-42(52)53)34(82)75-27(11-3-19-68-43(54)55)35(83)76-28(12-4-20-69-44(56)57)36(84)77-29(13-5-21-70-45(58)59)37(85)78-30(14-6-22-71-46(60)61)38(86)79-31(15-7-23-72-47(62)63)39(87)80-32(40(88)89)16-8-24-73-48(64)65/h25-32H,1-24,49H2,(H,74,81)(H,75,82)(H,76,83)(H,77,84)(H,78,85)(H,79,86)(H,80,87)(H,88,89)(H4,50,51,66)(H4,52,53,67)(H4,54,55,68)(H4,56,57,69)(H4,58,59,70)(H4,60,61,71)(H4,62,63,72)(H4,64,65,73)/t25-,26+,27-,28+,29-,30+,31-,32-/m0/s1. The Kier molecular flexibility index (Phi) is 40.1. The summed E-state index contributed by atoms with van der Waals surface area (Å²) in [6.45, 7) is 0.134. The van der Waals surface area contributed by atoms with Crippen molar-refractivity contribution in [3.05, 3.63) is 0 Å². The maximum atomic E-state index is 14.6. The van der Waals surface area contributed by atoms with Crippen molar-refractivity contribution in [2.75, 3.05) is 52.4 Å². The Morgan fingerprint density at radius 3 is 0.562 bits per heavy atom. The number of carboxylic acids is 1. The van der Waals surface area contributed by atoms with Crippen LogP contribution in [0.5, 0.6) is 0 Å². The van der Waals surface area contributed by atoms with Gasteiger partial charge in [-0.3, -0.25) is 73.5 Å². The van der Waals surface area contributed by atoms with Gasteiger partial charge in [-0.25, -0.2) is 4.79 Å². The summed E-state index contributed by atoms with van der Waals surface area (Å²) in [7, 11) is 0. The second-order valence-electron chi connectivity index (χ2n) is 20.0. The molecule has 504 valence electrons. The molecule has 41 nitrogen and oxygen atoms in total. The zero-order valence-corrected chi connectivity index (χ0v) is 50.2. The predicted molar refractivity (Wildman–Crippen MR) is 338 cm³/mol. The van der Waals surface area contributed by atoms with E-state index in [9.17, 15) is 43.5 Å². The number of rotatable bonds is 47. The fourth-order valence-electron chi connectivity index (χ4n) is 7.96. The summed E-state index contributed by atoms with van der Waals surface area (Å²) in [5.74, 6) is -9.62. The number of guanidine groups is 8. The van der Waals surface area contributed by atoms with Gasteiger partial charge in [0.15, 0.2) is 47.7 Å². The van der Waals surface area contributed by atoms with Crippen LogP contribution < -0.4 is 135 Å². The van der Waals surface area contributed by atoms with Gasteiger partial charge in [0.25, 0.3) is 0 Å². The third-order valence-electron chi connectivity index (χ3n) is 12.3. The van der Waals surface area contributed by atoms with E-state index in [2.05, 4.69) is 77.2 Å². The summed E-state index contributed by atoms with van der Waals surface area (Å²) >= 11 is 0. The van der Waals surface area contributed by atoms with Crippen LogP contribution in [0.15, 0.2) is 39.9 Å². The quantitative estimate of drug-likeness (QED) is 0.0153. The van der Waals surface area contributed by atoms with Crippen LogP contribution in [-0.4, -0.2) is 201 Å². The molecule has 0 aromatic carbocycles. The molecule has 0 aliphatic carbocycles. The van der Waals surface area contributed by atoms with Gasteiger partial charge in [-0.15, -0.1) is 0 Å². The molecule has 7 amide bonds. The van der Waals surface area contributed by atoms with Crippen LogP contribution in [0.3, 0.4) is 0 Å². The monoisotopic (exact) mass is 1270 g/mol. The lowest BCUT2D eigenvalue weighted by Gasteiger charge is -2.28. The van der Waals surface area contributed by atoms with E-state index in [1.807, 2.05) is 0 Å². The first kappa shape index (κ1) is 78.9. The molecule has 0 fully saturated rings. The first-order valence-electron chi connectivity index (χ1n) is 28.5. The van der Waals surface area contributed by atoms with E-state index >= 15 is 0 Å². The van der Waals surface area contributed by atoms with Gasteiger partial charge in [0, 0.05) is 52.4 Å². The van der Waals surface area contributed by atoms with E-state index in [0.29, 0.717) is 6.42 Å². The first-order valence-corrected chi connectivity index (χ1v) is 28.5. The number of aliphatic imine (C=N–C) groups is 8. The molecule has 0 heterocycles. The van der Waals surface area contributed by atoms with Crippen molar-refractivity contribution in [1.82, 2.24) is 37.2 Å². The average molecular weight is 1270 g/mol.